The third-order valence-electron chi connectivity index (χ3n) is 2.08. The van der Waals surface area contributed by atoms with Crippen LogP contribution in [0.1, 0.15) is 19.3 Å². The second kappa shape index (κ2) is 3.01. The number of likely N-dealkylation sites (N-methyl/N-ethyl adjacent to an activating group) is 1. The van der Waals surface area contributed by atoms with Gasteiger partial charge in [-0.3, -0.25) is 4.79 Å². The van der Waals surface area contributed by atoms with Crippen molar-refractivity contribution in [3.8, 4) is 0 Å². The lowest BCUT2D eigenvalue weighted by Gasteiger charge is -2.30. The Morgan fingerprint density at radius 1 is 1.80 bits per heavy atom. The Morgan fingerprint density at radius 2 is 2.50 bits per heavy atom. The number of hydrogen-bond donors (Lipinski definition) is 1. The molecule has 1 atom stereocenters. The topological polar surface area (TPSA) is 40.5 Å². The lowest BCUT2D eigenvalue weighted by Crippen LogP contribution is -2.42. The molecule has 0 radical (unpaired) electrons. The molecule has 0 unspecified atom stereocenters. The predicted molar refractivity (Wildman–Crippen MR) is 37.5 cm³/mol. The van der Waals surface area contributed by atoms with Crippen molar-refractivity contribution < 1.29 is 9.90 Å². The van der Waals surface area contributed by atoms with Gasteiger partial charge in [-0.1, -0.05) is 0 Å². The molecule has 10 heavy (non-hydrogen) atoms. The minimum absolute atomic E-state index is 0.0706. The van der Waals surface area contributed by atoms with Gasteiger partial charge in [0.1, 0.15) is 0 Å². The van der Waals surface area contributed by atoms with Crippen molar-refractivity contribution in [1.29, 1.82) is 0 Å². The fourth-order valence-corrected chi connectivity index (χ4v) is 1.28. The molecule has 1 fully saturated rings. The molecule has 0 aromatic rings. The summed E-state index contributed by atoms with van der Waals surface area (Å²) in [5.74, 6) is 0.158. The summed E-state index contributed by atoms with van der Waals surface area (Å²) in [6, 6.07) is 0.0706. The molecule has 1 N–H and O–H groups in total. The summed E-state index contributed by atoms with van der Waals surface area (Å²) in [7, 11) is 1.75. The first kappa shape index (κ1) is 7.54. The van der Waals surface area contributed by atoms with E-state index in [1.165, 1.54) is 0 Å². The van der Waals surface area contributed by atoms with Gasteiger partial charge in [-0.25, -0.2) is 0 Å². The molecule has 0 aromatic carbocycles. The van der Waals surface area contributed by atoms with Crippen LogP contribution in [-0.2, 0) is 4.79 Å². The molecule has 3 heteroatoms. The van der Waals surface area contributed by atoms with E-state index in [2.05, 4.69) is 0 Å². The van der Waals surface area contributed by atoms with E-state index >= 15 is 0 Å². The van der Waals surface area contributed by atoms with Crippen molar-refractivity contribution in [2.45, 2.75) is 25.3 Å². The average Bonchev–Trinajstić information content (AvgIpc) is 1.95. The number of rotatable bonds is 1. The van der Waals surface area contributed by atoms with E-state index < -0.39 is 0 Å². The second-order valence-electron chi connectivity index (χ2n) is 2.73. The Balaban J connectivity index is 2.51. The molecular weight excluding hydrogens is 130 g/mol. The third-order valence-corrected chi connectivity index (χ3v) is 2.08. The van der Waals surface area contributed by atoms with Gasteiger partial charge in [0.25, 0.3) is 0 Å². The lowest BCUT2D eigenvalue weighted by molar-refractivity contribution is -0.135. The first-order valence-corrected chi connectivity index (χ1v) is 3.62. The van der Waals surface area contributed by atoms with Gasteiger partial charge in [-0.05, 0) is 12.8 Å². The summed E-state index contributed by atoms with van der Waals surface area (Å²) in [6.45, 7) is 0.0994. The molecule has 1 amide bonds. The lowest BCUT2D eigenvalue weighted by atomic mass is 10.0. The number of aliphatic hydroxyl groups is 1. The SMILES string of the molecule is CN1C(=O)CCC[C@H]1CO. The highest BCUT2D eigenvalue weighted by Crippen LogP contribution is 2.15. The van der Waals surface area contributed by atoms with Crippen LogP contribution < -0.4 is 0 Å². The van der Waals surface area contributed by atoms with Crippen LogP contribution in [0.5, 0.6) is 0 Å². The van der Waals surface area contributed by atoms with Gasteiger partial charge in [0.15, 0.2) is 0 Å². The fraction of sp³-hybridized carbons (Fsp3) is 0.857. The molecule has 3 nitrogen and oxygen atoms in total. The number of nitrogens with zero attached hydrogens (tertiary/aromatic N) is 1. The van der Waals surface area contributed by atoms with Crippen LogP contribution in [0.25, 0.3) is 0 Å². The van der Waals surface area contributed by atoms with Gasteiger partial charge < -0.3 is 10.0 Å². The summed E-state index contributed by atoms with van der Waals surface area (Å²) in [4.78, 5) is 12.6. The van der Waals surface area contributed by atoms with E-state index in [9.17, 15) is 4.79 Å². The monoisotopic (exact) mass is 143 g/mol. The molecule has 58 valence electrons. The highest BCUT2D eigenvalue weighted by molar-refractivity contribution is 5.76. The minimum Gasteiger partial charge on any atom is -0.394 e. The van der Waals surface area contributed by atoms with Gasteiger partial charge in [-0.15, -0.1) is 0 Å². The molecule has 1 heterocycles. The number of piperidine rings is 1. The van der Waals surface area contributed by atoms with Crippen LogP contribution in [0.15, 0.2) is 0 Å². The van der Waals surface area contributed by atoms with Crippen molar-refractivity contribution in [1.82, 2.24) is 4.90 Å². The molecule has 1 rings (SSSR count). The maximum absolute atomic E-state index is 11.0. The van der Waals surface area contributed by atoms with Crippen LogP contribution in [0, 0.1) is 0 Å². The van der Waals surface area contributed by atoms with Gasteiger partial charge in [0.2, 0.25) is 5.91 Å². The van der Waals surface area contributed by atoms with Gasteiger partial charge >= 0.3 is 0 Å². The molecule has 1 aliphatic heterocycles. The van der Waals surface area contributed by atoms with Gasteiger partial charge in [-0.2, -0.15) is 0 Å². The Labute approximate surface area is 60.6 Å². The van der Waals surface area contributed by atoms with Crippen LogP contribution in [0.2, 0.25) is 0 Å². The van der Waals surface area contributed by atoms with Crippen LogP contribution in [-0.4, -0.2) is 35.6 Å². The summed E-state index contributed by atoms with van der Waals surface area (Å²) < 4.78 is 0. The number of carbonyl (C=O) groups is 1. The molecule has 0 aliphatic carbocycles. The first-order chi connectivity index (χ1) is 4.75. The summed E-state index contributed by atoms with van der Waals surface area (Å²) in [5, 5.41) is 8.79. The Kier molecular flexibility index (Phi) is 2.27. The number of likely N-dealkylation sites (tertiary alicyclic amines) is 1. The summed E-state index contributed by atoms with van der Waals surface area (Å²) >= 11 is 0. The highest BCUT2D eigenvalue weighted by atomic mass is 16.3. The number of carbonyl (C=O) groups excluding carboxylic acids is 1. The van der Waals surface area contributed by atoms with E-state index in [1.807, 2.05) is 0 Å². The zero-order chi connectivity index (χ0) is 7.56. The van der Waals surface area contributed by atoms with E-state index in [-0.39, 0.29) is 18.6 Å². The third kappa shape index (κ3) is 1.29. The standard InChI is InChI=1S/C7H13NO2/c1-8-6(5-9)3-2-4-7(8)10/h6,9H,2-5H2,1H3/t6-/m0/s1. The number of amides is 1. The van der Waals surface area contributed by atoms with Gasteiger partial charge in [0.05, 0.1) is 12.6 Å². The molecule has 0 spiro atoms. The Morgan fingerprint density at radius 3 is 3.00 bits per heavy atom. The maximum Gasteiger partial charge on any atom is 0.222 e. The van der Waals surface area contributed by atoms with Crippen molar-refractivity contribution in [3.63, 3.8) is 0 Å². The first-order valence-electron chi connectivity index (χ1n) is 3.62. The second-order valence-corrected chi connectivity index (χ2v) is 2.73. The molecule has 1 saturated heterocycles. The predicted octanol–water partition coefficient (Wildman–Crippen LogP) is -0.0104. The van der Waals surface area contributed by atoms with Crippen LogP contribution in [0.4, 0.5) is 0 Å². The fourth-order valence-electron chi connectivity index (χ4n) is 1.28. The van der Waals surface area contributed by atoms with E-state index in [1.54, 1.807) is 11.9 Å². The highest BCUT2D eigenvalue weighted by Gasteiger charge is 2.23. The minimum atomic E-state index is 0.0706. The van der Waals surface area contributed by atoms with Crippen molar-refractivity contribution in [2.75, 3.05) is 13.7 Å². The zero-order valence-electron chi connectivity index (χ0n) is 6.21. The molecule has 1 aliphatic rings. The zero-order valence-corrected chi connectivity index (χ0v) is 6.21. The summed E-state index contributed by atoms with van der Waals surface area (Å²) in [5.41, 5.74) is 0. The largest absolute Gasteiger partial charge is 0.394 e. The molecular formula is C7H13NO2. The molecule has 0 saturated carbocycles. The van der Waals surface area contributed by atoms with Crippen molar-refractivity contribution in [2.24, 2.45) is 0 Å². The smallest absolute Gasteiger partial charge is 0.222 e. The van der Waals surface area contributed by atoms with E-state index in [4.69, 9.17) is 5.11 Å². The molecule has 0 aromatic heterocycles. The maximum atomic E-state index is 11.0. The van der Waals surface area contributed by atoms with E-state index in [0.29, 0.717) is 6.42 Å². The number of aliphatic hydroxyl groups excluding tert-OH is 1. The summed E-state index contributed by atoms with van der Waals surface area (Å²) in [6.07, 6.45) is 2.51. The quantitative estimate of drug-likeness (QED) is 0.561. The van der Waals surface area contributed by atoms with E-state index in [0.717, 1.165) is 12.8 Å². The number of hydrogen-bond acceptors (Lipinski definition) is 2. The normalized spacial score (nSPS) is 27.2. The van der Waals surface area contributed by atoms with Crippen LogP contribution >= 0.6 is 0 Å². The van der Waals surface area contributed by atoms with Gasteiger partial charge in [0, 0.05) is 13.5 Å². The molecule has 0 bridgehead atoms. The Hall–Kier alpha value is -0.570. The van der Waals surface area contributed by atoms with Crippen molar-refractivity contribution in [3.05, 3.63) is 0 Å². The Bertz CT molecular complexity index is 136. The van der Waals surface area contributed by atoms with Crippen molar-refractivity contribution >= 4 is 5.91 Å². The van der Waals surface area contributed by atoms with Crippen LogP contribution in [0.3, 0.4) is 0 Å². The average molecular weight is 143 g/mol.